The number of hydrogen-bond acceptors (Lipinski definition) is 3. The highest BCUT2D eigenvalue weighted by atomic mass is 16.5. The SMILES string of the molecule is CCCCCCCCC(=O)C(C#N)c1cccc(OC)c1. The van der Waals surface area contributed by atoms with Gasteiger partial charge in [0.1, 0.15) is 11.7 Å². The van der Waals surface area contributed by atoms with E-state index in [4.69, 9.17) is 4.74 Å². The second kappa shape index (κ2) is 9.99. The number of methoxy groups -OCH3 is 1. The Balaban J connectivity index is 2.48. The van der Waals surface area contributed by atoms with Gasteiger partial charge in [-0.3, -0.25) is 4.79 Å². The van der Waals surface area contributed by atoms with Gasteiger partial charge in [-0.2, -0.15) is 5.26 Å². The Kier molecular flexibility index (Phi) is 8.19. The van der Waals surface area contributed by atoms with Crippen molar-refractivity contribution in [1.29, 1.82) is 5.26 Å². The molecule has 3 nitrogen and oxygen atoms in total. The first kappa shape index (κ1) is 17.2. The van der Waals surface area contributed by atoms with Gasteiger partial charge in [-0.1, -0.05) is 51.2 Å². The standard InChI is InChI=1S/C18H25NO2/c1-3-4-5-6-7-8-12-18(20)17(14-19)15-10-9-11-16(13-15)21-2/h9-11,13,17H,3-8,12H2,1-2H3. The molecule has 0 radical (unpaired) electrons. The summed E-state index contributed by atoms with van der Waals surface area (Å²) in [6.07, 6.45) is 7.35. The van der Waals surface area contributed by atoms with Gasteiger partial charge in [-0.05, 0) is 24.1 Å². The third kappa shape index (κ3) is 5.99. The molecule has 0 saturated carbocycles. The molecule has 0 spiro atoms. The number of carbonyl (C=O) groups excluding carboxylic acids is 1. The summed E-state index contributed by atoms with van der Waals surface area (Å²) in [6, 6.07) is 9.34. The maximum atomic E-state index is 12.2. The number of ketones is 1. The Labute approximate surface area is 127 Å². The van der Waals surface area contributed by atoms with Crippen molar-refractivity contribution in [3.05, 3.63) is 29.8 Å². The third-order valence-electron chi connectivity index (χ3n) is 3.65. The number of carbonyl (C=O) groups is 1. The van der Waals surface area contributed by atoms with E-state index in [9.17, 15) is 10.1 Å². The molecule has 0 fully saturated rings. The van der Waals surface area contributed by atoms with Crippen molar-refractivity contribution >= 4 is 5.78 Å². The first-order valence-electron chi connectivity index (χ1n) is 7.79. The summed E-state index contributed by atoms with van der Waals surface area (Å²) in [7, 11) is 1.58. The van der Waals surface area contributed by atoms with E-state index in [1.165, 1.54) is 25.7 Å². The van der Waals surface area contributed by atoms with Crippen LogP contribution < -0.4 is 4.74 Å². The van der Waals surface area contributed by atoms with E-state index in [0.717, 1.165) is 18.4 Å². The molecule has 1 atom stereocenters. The Hall–Kier alpha value is -1.82. The van der Waals surface area contributed by atoms with E-state index in [1.807, 2.05) is 18.2 Å². The molecule has 1 unspecified atom stereocenters. The molecule has 21 heavy (non-hydrogen) atoms. The molecule has 0 aliphatic carbocycles. The molecule has 0 N–H and O–H groups in total. The van der Waals surface area contributed by atoms with Crippen molar-refractivity contribution in [2.75, 3.05) is 7.11 Å². The van der Waals surface area contributed by atoms with Crippen LogP contribution in [0.5, 0.6) is 5.75 Å². The second-order valence-corrected chi connectivity index (χ2v) is 5.32. The number of nitrogens with zero attached hydrogens (tertiary/aromatic N) is 1. The topological polar surface area (TPSA) is 50.1 Å². The minimum atomic E-state index is -0.671. The van der Waals surface area contributed by atoms with Crippen LogP contribution in [0.4, 0.5) is 0 Å². The Bertz CT molecular complexity index is 476. The lowest BCUT2D eigenvalue weighted by Gasteiger charge is -2.10. The highest BCUT2D eigenvalue weighted by Gasteiger charge is 2.19. The molecule has 0 aliphatic heterocycles. The lowest BCUT2D eigenvalue weighted by Crippen LogP contribution is -2.10. The zero-order valence-corrected chi connectivity index (χ0v) is 13.1. The van der Waals surface area contributed by atoms with Gasteiger partial charge in [0.2, 0.25) is 0 Å². The van der Waals surface area contributed by atoms with Gasteiger partial charge >= 0.3 is 0 Å². The molecule has 1 rings (SSSR count). The number of nitriles is 1. The number of Topliss-reactive ketones (excluding diaryl/α,β-unsaturated/α-hetero) is 1. The number of benzene rings is 1. The molecular weight excluding hydrogens is 262 g/mol. The van der Waals surface area contributed by atoms with Crippen molar-refractivity contribution in [3.8, 4) is 11.8 Å². The molecule has 1 aromatic carbocycles. The lowest BCUT2D eigenvalue weighted by atomic mass is 9.92. The summed E-state index contributed by atoms with van der Waals surface area (Å²) >= 11 is 0. The van der Waals surface area contributed by atoms with Crippen LogP contribution in [0.1, 0.15) is 63.4 Å². The van der Waals surface area contributed by atoms with Gasteiger partial charge in [0.05, 0.1) is 13.2 Å². The van der Waals surface area contributed by atoms with Crippen molar-refractivity contribution < 1.29 is 9.53 Å². The fraction of sp³-hybridized carbons (Fsp3) is 0.556. The molecule has 0 saturated heterocycles. The monoisotopic (exact) mass is 287 g/mol. The van der Waals surface area contributed by atoms with Crippen LogP contribution in [-0.4, -0.2) is 12.9 Å². The molecule has 0 heterocycles. The van der Waals surface area contributed by atoms with Gasteiger partial charge in [0.15, 0.2) is 5.78 Å². The van der Waals surface area contributed by atoms with E-state index in [2.05, 4.69) is 13.0 Å². The van der Waals surface area contributed by atoms with Crippen LogP contribution in [0, 0.1) is 11.3 Å². The normalized spacial score (nSPS) is 11.7. The summed E-state index contributed by atoms with van der Waals surface area (Å²) in [5.41, 5.74) is 0.729. The molecule has 3 heteroatoms. The molecule has 0 bridgehead atoms. The van der Waals surface area contributed by atoms with Crippen LogP contribution in [0.25, 0.3) is 0 Å². The van der Waals surface area contributed by atoms with E-state index in [-0.39, 0.29) is 5.78 Å². The van der Waals surface area contributed by atoms with Crippen molar-refractivity contribution in [2.45, 2.75) is 57.8 Å². The molecule has 0 aliphatic rings. The van der Waals surface area contributed by atoms with E-state index >= 15 is 0 Å². The van der Waals surface area contributed by atoms with E-state index < -0.39 is 5.92 Å². The van der Waals surface area contributed by atoms with Crippen LogP contribution in [0.3, 0.4) is 0 Å². The van der Waals surface area contributed by atoms with Gasteiger partial charge in [-0.15, -0.1) is 0 Å². The van der Waals surface area contributed by atoms with Crippen LogP contribution in [-0.2, 0) is 4.79 Å². The van der Waals surface area contributed by atoms with Crippen LogP contribution in [0.2, 0.25) is 0 Å². The highest BCUT2D eigenvalue weighted by Crippen LogP contribution is 2.23. The second-order valence-electron chi connectivity index (χ2n) is 5.32. The third-order valence-corrected chi connectivity index (χ3v) is 3.65. The van der Waals surface area contributed by atoms with Crippen molar-refractivity contribution in [3.63, 3.8) is 0 Å². The fourth-order valence-corrected chi connectivity index (χ4v) is 2.38. The molecule has 0 aromatic heterocycles. The van der Waals surface area contributed by atoms with Gasteiger partial charge in [0.25, 0.3) is 0 Å². The smallest absolute Gasteiger partial charge is 0.154 e. The number of rotatable bonds is 10. The largest absolute Gasteiger partial charge is 0.497 e. The van der Waals surface area contributed by atoms with Gasteiger partial charge in [-0.25, -0.2) is 0 Å². The number of hydrogen-bond donors (Lipinski definition) is 0. The number of unbranched alkanes of at least 4 members (excludes halogenated alkanes) is 5. The maximum Gasteiger partial charge on any atom is 0.154 e. The van der Waals surface area contributed by atoms with Gasteiger partial charge in [0, 0.05) is 6.42 Å². The zero-order valence-electron chi connectivity index (χ0n) is 13.1. The molecule has 0 amide bonds. The average Bonchev–Trinajstić information content (AvgIpc) is 2.51. The first-order valence-corrected chi connectivity index (χ1v) is 7.79. The molecule has 1 aromatic rings. The average molecular weight is 287 g/mol. The quantitative estimate of drug-likeness (QED) is 0.590. The zero-order chi connectivity index (χ0) is 15.5. The maximum absolute atomic E-state index is 12.2. The molecule has 114 valence electrons. The minimum absolute atomic E-state index is 0.0150. The summed E-state index contributed by atoms with van der Waals surface area (Å²) in [6.45, 7) is 2.19. The fourth-order valence-electron chi connectivity index (χ4n) is 2.38. The Morgan fingerprint density at radius 1 is 1.24 bits per heavy atom. The summed E-state index contributed by atoms with van der Waals surface area (Å²) in [4.78, 5) is 12.2. The van der Waals surface area contributed by atoms with Crippen molar-refractivity contribution in [2.24, 2.45) is 0 Å². The van der Waals surface area contributed by atoms with Crippen LogP contribution >= 0.6 is 0 Å². The first-order chi connectivity index (χ1) is 10.2. The summed E-state index contributed by atoms with van der Waals surface area (Å²) in [5.74, 6) is 0.0251. The van der Waals surface area contributed by atoms with E-state index in [0.29, 0.717) is 12.2 Å². The minimum Gasteiger partial charge on any atom is -0.497 e. The van der Waals surface area contributed by atoms with Crippen molar-refractivity contribution in [1.82, 2.24) is 0 Å². The predicted molar refractivity (Wildman–Crippen MR) is 84.3 cm³/mol. The van der Waals surface area contributed by atoms with E-state index in [1.54, 1.807) is 13.2 Å². The Morgan fingerprint density at radius 2 is 1.95 bits per heavy atom. The molecular formula is C18H25NO2. The lowest BCUT2D eigenvalue weighted by molar-refractivity contribution is -0.119. The van der Waals surface area contributed by atoms with Crippen LogP contribution in [0.15, 0.2) is 24.3 Å². The highest BCUT2D eigenvalue weighted by molar-refractivity contribution is 5.88. The Morgan fingerprint density at radius 3 is 2.62 bits per heavy atom. The van der Waals surface area contributed by atoms with Gasteiger partial charge < -0.3 is 4.74 Å². The predicted octanol–water partition coefficient (Wildman–Crippen LogP) is 4.62. The number of ether oxygens (including phenoxy) is 1. The summed E-state index contributed by atoms with van der Waals surface area (Å²) in [5, 5.41) is 9.27. The summed E-state index contributed by atoms with van der Waals surface area (Å²) < 4.78 is 5.14.